The maximum Gasteiger partial charge on any atom is 0.258 e. The molecule has 6 nitrogen and oxygen atoms in total. The minimum atomic E-state index is -0.498. The molecule has 164 valence electrons. The SMILES string of the molecule is O=C(NCc1ccccc1)[C@@H]1[C@@H](CO)[C@@H]2Cn3c(ccc(-c4cccc(F)c4)c3=O)[C@H]1N2. The van der Waals surface area contributed by atoms with Crippen LogP contribution in [0.1, 0.15) is 17.3 Å². The first-order chi connectivity index (χ1) is 15.6. The highest BCUT2D eigenvalue weighted by Gasteiger charge is 2.50. The number of carbonyl (C=O) groups is 1. The summed E-state index contributed by atoms with van der Waals surface area (Å²) in [5, 5.41) is 16.5. The van der Waals surface area contributed by atoms with Crippen LogP contribution < -0.4 is 16.2 Å². The van der Waals surface area contributed by atoms with Gasteiger partial charge in [-0.2, -0.15) is 0 Å². The Balaban J connectivity index is 1.46. The van der Waals surface area contributed by atoms with Gasteiger partial charge in [0, 0.05) is 42.9 Å². The Morgan fingerprint density at radius 2 is 1.94 bits per heavy atom. The average molecular weight is 433 g/mol. The number of hydrogen-bond acceptors (Lipinski definition) is 4. The van der Waals surface area contributed by atoms with Crippen LogP contribution in [-0.4, -0.2) is 28.2 Å². The van der Waals surface area contributed by atoms with E-state index in [2.05, 4.69) is 10.6 Å². The maximum absolute atomic E-state index is 13.7. The van der Waals surface area contributed by atoms with Crippen LogP contribution in [-0.2, 0) is 17.9 Å². The van der Waals surface area contributed by atoms with Crippen LogP contribution in [0.25, 0.3) is 11.1 Å². The normalized spacial score (nSPS) is 23.6. The number of nitrogens with one attached hydrogen (secondary N) is 2. The quantitative estimate of drug-likeness (QED) is 0.576. The van der Waals surface area contributed by atoms with Crippen LogP contribution in [0.2, 0.25) is 0 Å². The molecule has 2 aliphatic heterocycles. The number of nitrogens with zero attached hydrogens (tertiary/aromatic N) is 1. The largest absolute Gasteiger partial charge is 0.396 e. The monoisotopic (exact) mass is 433 g/mol. The zero-order valence-electron chi connectivity index (χ0n) is 17.4. The molecule has 3 N–H and O–H groups in total. The molecule has 3 aromatic rings. The molecule has 2 aliphatic rings. The van der Waals surface area contributed by atoms with Crippen molar-refractivity contribution in [2.45, 2.75) is 25.2 Å². The van der Waals surface area contributed by atoms with E-state index < -0.39 is 11.7 Å². The molecule has 0 aliphatic carbocycles. The molecule has 4 atom stereocenters. The molecule has 0 radical (unpaired) electrons. The minimum absolute atomic E-state index is 0.150. The van der Waals surface area contributed by atoms with Gasteiger partial charge in [-0.3, -0.25) is 9.59 Å². The van der Waals surface area contributed by atoms with Crippen LogP contribution >= 0.6 is 0 Å². The van der Waals surface area contributed by atoms with Gasteiger partial charge in [0.2, 0.25) is 5.91 Å². The van der Waals surface area contributed by atoms with Crippen molar-refractivity contribution in [3.8, 4) is 11.1 Å². The van der Waals surface area contributed by atoms with Gasteiger partial charge < -0.3 is 20.3 Å². The summed E-state index contributed by atoms with van der Waals surface area (Å²) >= 11 is 0. The van der Waals surface area contributed by atoms with Crippen molar-refractivity contribution < 1.29 is 14.3 Å². The predicted molar refractivity (Wildman–Crippen MR) is 118 cm³/mol. The second-order valence-corrected chi connectivity index (χ2v) is 8.42. The summed E-state index contributed by atoms with van der Waals surface area (Å²) in [5.74, 6) is -1.36. The van der Waals surface area contributed by atoms with Crippen LogP contribution in [0, 0.1) is 17.7 Å². The third kappa shape index (κ3) is 3.53. The van der Waals surface area contributed by atoms with Gasteiger partial charge >= 0.3 is 0 Å². The maximum atomic E-state index is 13.7. The highest BCUT2D eigenvalue weighted by molar-refractivity contribution is 5.80. The van der Waals surface area contributed by atoms with Gasteiger partial charge in [-0.05, 0) is 35.4 Å². The Morgan fingerprint density at radius 1 is 1.12 bits per heavy atom. The molecule has 1 fully saturated rings. The zero-order valence-corrected chi connectivity index (χ0v) is 17.4. The molecule has 3 heterocycles. The number of pyridine rings is 1. The number of aliphatic hydroxyl groups is 1. The van der Waals surface area contributed by atoms with Gasteiger partial charge in [-0.25, -0.2) is 4.39 Å². The molecule has 1 aromatic heterocycles. The van der Waals surface area contributed by atoms with Gasteiger partial charge in [0.15, 0.2) is 0 Å². The van der Waals surface area contributed by atoms with Crippen LogP contribution in [0.5, 0.6) is 0 Å². The lowest BCUT2D eigenvalue weighted by atomic mass is 9.86. The predicted octanol–water partition coefficient (Wildman–Crippen LogP) is 2.22. The van der Waals surface area contributed by atoms with Crippen LogP contribution in [0.3, 0.4) is 0 Å². The Kier molecular flexibility index (Phi) is 5.36. The van der Waals surface area contributed by atoms with Crippen molar-refractivity contribution in [3.63, 3.8) is 0 Å². The lowest BCUT2D eigenvalue weighted by molar-refractivity contribution is -0.127. The smallest absolute Gasteiger partial charge is 0.258 e. The third-order valence-electron chi connectivity index (χ3n) is 6.60. The number of amides is 1. The van der Waals surface area contributed by atoms with Crippen molar-refractivity contribution in [2.75, 3.05) is 6.61 Å². The average Bonchev–Trinajstić information content (AvgIpc) is 3.11. The first-order valence-corrected chi connectivity index (χ1v) is 10.7. The first kappa shape index (κ1) is 20.6. The summed E-state index contributed by atoms with van der Waals surface area (Å²) < 4.78 is 15.4. The lowest BCUT2D eigenvalue weighted by Crippen LogP contribution is -2.43. The van der Waals surface area contributed by atoms with E-state index in [-0.39, 0.29) is 36.1 Å². The summed E-state index contributed by atoms with van der Waals surface area (Å²) in [6.07, 6.45) is 0. The Bertz CT molecular complexity index is 1210. The van der Waals surface area contributed by atoms with Crippen molar-refractivity contribution in [1.82, 2.24) is 15.2 Å². The van der Waals surface area contributed by atoms with E-state index in [1.54, 1.807) is 22.8 Å². The lowest BCUT2D eigenvalue weighted by Gasteiger charge is -2.28. The standard InChI is InChI=1S/C25H24FN3O3/c26-17-8-4-7-16(11-17)18-9-10-21-23-22(24(31)27-12-15-5-2-1-3-6-15)19(14-30)20(28-23)13-29(21)25(18)32/h1-11,19-20,22-23,28,30H,12-14H2,(H,27,31)/t19-,20-,22+,23+/m0/s1. The Morgan fingerprint density at radius 3 is 2.69 bits per heavy atom. The molecule has 0 saturated carbocycles. The fourth-order valence-electron chi connectivity index (χ4n) is 5.03. The molecule has 32 heavy (non-hydrogen) atoms. The number of aromatic nitrogens is 1. The van der Waals surface area contributed by atoms with E-state index in [1.165, 1.54) is 12.1 Å². The second-order valence-electron chi connectivity index (χ2n) is 8.42. The van der Waals surface area contributed by atoms with Gasteiger partial charge in [-0.15, -0.1) is 0 Å². The molecule has 1 saturated heterocycles. The number of aliphatic hydroxyl groups excluding tert-OH is 1. The molecule has 0 spiro atoms. The van der Waals surface area contributed by atoms with Gasteiger partial charge in [-0.1, -0.05) is 42.5 Å². The van der Waals surface area contributed by atoms with E-state index in [1.807, 2.05) is 36.4 Å². The molecule has 0 unspecified atom stereocenters. The number of hydrogen-bond donors (Lipinski definition) is 3. The van der Waals surface area contributed by atoms with E-state index in [0.29, 0.717) is 29.9 Å². The molecule has 5 rings (SSSR count). The summed E-state index contributed by atoms with van der Waals surface area (Å²) in [5.41, 5.74) is 2.42. The van der Waals surface area contributed by atoms with E-state index in [0.717, 1.165) is 5.56 Å². The van der Waals surface area contributed by atoms with Crippen LogP contribution in [0.15, 0.2) is 71.5 Å². The van der Waals surface area contributed by atoms with E-state index >= 15 is 0 Å². The van der Waals surface area contributed by atoms with Gasteiger partial charge in [0.1, 0.15) is 5.82 Å². The van der Waals surface area contributed by atoms with Gasteiger partial charge in [0.05, 0.1) is 12.0 Å². The van der Waals surface area contributed by atoms with Gasteiger partial charge in [0.25, 0.3) is 5.56 Å². The minimum Gasteiger partial charge on any atom is -0.396 e. The number of benzene rings is 2. The van der Waals surface area contributed by atoms with E-state index in [9.17, 15) is 19.1 Å². The molecule has 7 heteroatoms. The highest BCUT2D eigenvalue weighted by atomic mass is 19.1. The Hall–Kier alpha value is -3.29. The number of rotatable bonds is 5. The van der Waals surface area contributed by atoms with Crippen molar-refractivity contribution >= 4 is 5.91 Å². The summed E-state index contributed by atoms with van der Waals surface area (Å²) in [7, 11) is 0. The van der Waals surface area contributed by atoms with E-state index in [4.69, 9.17) is 0 Å². The van der Waals surface area contributed by atoms with Crippen molar-refractivity contribution in [2.24, 2.45) is 11.8 Å². The fourth-order valence-corrected chi connectivity index (χ4v) is 5.03. The number of carbonyl (C=O) groups excluding carboxylic acids is 1. The molecule has 1 amide bonds. The summed E-state index contributed by atoms with van der Waals surface area (Å²) in [6, 6.07) is 18.5. The highest BCUT2D eigenvalue weighted by Crippen LogP contribution is 2.41. The van der Waals surface area contributed by atoms with Crippen molar-refractivity contribution in [3.05, 3.63) is 94.2 Å². The third-order valence-corrected chi connectivity index (χ3v) is 6.60. The first-order valence-electron chi connectivity index (χ1n) is 10.7. The summed E-state index contributed by atoms with van der Waals surface area (Å²) in [6.45, 7) is 0.593. The molecular formula is C25H24FN3O3. The number of fused-ring (bicyclic) bond motifs is 4. The second kappa shape index (κ2) is 8.33. The molecule has 2 aromatic carbocycles. The van der Waals surface area contributed by atoms with Crippen molar-refractivity contribution in [1.29, 1.82) is 0 Å². The zero-order chi connectivity index (χ0) is 22.2. The van der Waals surface area contributed by atoms with Crippen LogP contribution in [0.4, 0.5) is 4.39 Å². The number of halogens is 1. The summed E-state index contributed by atoms with van der Waals surface area (Å²) in [4.78, 5) is 26.4. The molecular weight excluding hydrogens is 409 g/mol. The fraction of sp³-hybridized carbons (Fsp3) is 0.280. The molecule has 2 bridgehead atoms. The topological polar surface area (TPSA) is 83.4 Å². The Labute approximate surface area is 184 Å².